The zero-order valence-corrected chi connectivity index (χ0v) is 23.7. The largest absolute Gasteiger partial charge is 0.497 e. The maximum absolute atomic E-state index is 13.4. The van der Waals surface area contributed by atoms with E-state index in [1.807, 2.05) is 19.2 Å². The van der Waals surface area contributed by atoms with Crippen molar-refractivity contribution in [2.24, 2.45) is 5.41 Å². The van der Waals surface area contributed by atoms with E-state index in [1.165, 1.54) is 31.2 Å². The van der Waals surface area contributed by atoms with Crippen LogP contribution in [-0.4, -0.2) is 79.6 Å². The zero-order valence-electron chi connectivity index (χ0n) is 23.7. The lowest BCUT2D eigenvalue weighted by Crippen LogP contribution is -2.81. The Labute approximate surface area is 238 Å². The number of aliphatic hydroxyl groups is 1. The van der Waals surface area contributed by atoms with Gasteiger partial charge in [-0.3, -0.25) is 9.69 Å². The van der Waals surface area contributed by atoms with E-state index in [0.29, 0.717) is 12.2 Å². The lowest BCUT2D eigenvalue weighted by atomic mass is 9.47. The molecule has 4 aliphatic rings. The summed E-state index contributed by atoms with van der Waals surface area (Å²) in [6.07, 6.45) is 3.83. The second kappa shape index (κ2) is 9.73. The number of anilines is 1. The Morgan fingerprint density at radius 3 is 2.56 bits per heavy atom. The fraction of sp³-hybridized carbons (Fsp3) is 0.484. The minimum absolute atomic E-state index is 0.0529. The van der Waals surface area contributed by atoms with Crippen molar-refractivity contribution in [3.05, 3.63) is 66.0 Å². The van der Waals surface area contributed by atoms with Crippen molar-refractivity contribution >= 4 is 17.7 Å². The molecular formula is C31H36FN3O6. The van der Waals surface area contributed by atoms with Crippen LogP contribution in [0.1, 0.15) is 32.3 Å². The number of esters is 1. The average Bonchev–Trinajstić information content (AvgIpc) is 3.47. The summed E-state index contributed by atoms with van der Waals surface area (Å²) in [7, 11) is 3.56. The van der Waals surface area contributed by atoms with E-state index in [-0.39, 0.29) is 18.3 Å². The Bertz CT molecular complexity index is 1400. The minimum atomic E-state index is -1.72. The first kappa shape index (κ1) is 27.5. The van der Waals surface area contributed by atoms with Crippen LogP contribution in [0.15, 0.2) is 54.6 Å². The molecule has 6 rings (SSSR count). The molecule has 1 spiro atoms. The van der Waals surface area contributed by atoms with Gasteiger partial charge in [0.25, 0.3) is 0 Å². The van der Waals surface area contributed by atoms with Gasteiger partial charge in [-0.05, 0) is 55.3 Å². The predicted octanol–water partition coefficient (Wildman–Crippen LogP) is 3.40. The number of likely N-dealkylation sites (N-methyl/N-ethyl adjacent to an activating group) is 1. The van der Waals surface area contributed by atoms with Crippen LogP contribution in [0.2, 0.25) is 0 Å². The van der Waals surface area contributed by atoms with Gasteiger partial charge in [-0.2, -0.15) is 0 Å². The molecule has 1 amide bonds. The summed E-state index contributed by atoms with van der Waals surface area (Å²) in [5.41, 5.74) is -0.924. The van der Waals surface area contributed by atoms with E-state index >= 15 is 0 Å². The third-order valence-corrected chi connectivity index (χ3v) is 9.76. The Hall–Kier alpha value is -3.63. The highest BCUT2D eigenvalue weighted by molar-refractivity contribution is 5.73. The van der Waals surface area contributed by atoms with Crippen LogP contribution in [0.5, 0.6) is 11.5 Å². The molecule has 2 aromatic rings. The van der Waals surface area contributed by atoms with E-state index in [1.54, 1.807) is 7.11 Å². The van der Waals surface area contributed by atoms with E-state index in [4.69, 9.17) is 14.2 Å². The summed E-state index contributed by atoms with van der Waals surface area (Å²) in [5.74, 6) is -0.0931. The zero-order chi connectivity index (χ0) is 29.2. The van der Waals surface area contributed by atoms with Crippen molar-refractivity contribution in [2.45, 2.75) is 55.9 Å². The number of amides is 1. The smallest absolute Gasteiger partial charge is 0.412 e. The first-order chi connectivity index (χ1) is 19.6. The quantitative estimate of drug-likeness (QED) is 0.406. The molecule has 9 nitrogen and oxygen atoms in total. The number of nitrogens with zero attached hydrogens (tertiary/aromatic N) is 2. The molecule has 2 aromatic carbocycles. The Kier molecular flexibility index (Phi) is 6.54. The number of halogens is 1. The van der Waals surface area contributed by atoms with Crippen molar-refractivity contribution in [3.63, 3.8) is 0 Å². The number of hydrogen-bond acceptors (Lipinski definition) is 8. The lowest BCUT2D eigenvalue weighted by Gasteiger charge is -2.64. The van der Waals surface area contributed by atoms with E-state index < -0.39 is 46.5 Å². The molecule has 3 heterocycles. The topological polar surface area (TPSA) is 101 Å². The third-order valence-electron chi connectivity index (χ3n) is 9.76. The van der Waals surface area contributed by atoms with Crippen LogP contribution in [-0.2, 0) is 14.9 Å². The molecule has 2 fully saturated rings. The summed E-state index contributed by atoms with van der Waals surface area (Å²) in [6, 6.07) is 10.5. The van der Waals surface area contributed by atoms with Crippen LogP contribution in [0.25, 0.3) is 0 Å². The molecule has 2 N–H and O–H groups in total. The van der Waals surface area contributed by atoms with Gasteiger partial charge in [0.15, 0.2) is 0 Å². The van der Waals surface area contributed by atoms with Crippen molar-refractivity contribution in [1.82, 2.24) is 10.2 Å². The number of fused-ring (bicyclic) bond motifs is 1. The first-order valence-electron chi connectivity index (χ1n) is 14.0. The molecule has 218 valence electrons. The summed E-state index contributed by atoms with van der Waals surface area (Å²) in [6.45, 7) is 4.74. The highest BCUT2D eigenvalue weighted by Gasteiger charge is 2.77. The molecule has 1 saturated heterocycles. The minimum Gasteiger partial charge on any atom is -0.497 e. The molecule has 6 atom stereocenters. The second-order valence-electron chi connectivity index (χ2n) is 11.6. The average molecular weight is 566 g/mol. The summed E-state index contributed by atoms with van der Waals surface area (Å²) in [5, 5.41) is 15.7. The van der Waals surface area contributed by atoms with Crippen LogP contribution >= 0.6 is 0 Å². The first-order valence-corrected chi connectivity index (χ1v) is 14.0. The highest BCUT2D eigenvalue weighted by Crippen LogP contribution is 2.67. The fourth-order valence-electron chi connectivity index (χ4n) is 8.50. The number of benzene rings is 2. The van der Waals surface area contributed by atoms with Crippen LogP contribution in [0.4, 0.5) is 14.9 Å². The molecule has 41 heavy (non-hydrogen) atoms. The Balaban J connectivity index is 1.48. The number of nitrogens with one attached hydrogen (secondary N) is 1. The Morgan fingerprint density at radius 1 is 1.15 bits per heavy atom. The number of rotatable bonds is 6. The molecule has 1 unspecified atom stereocenters. The van der Waals surface area contributed by atoms with Gasteiger partial charge in [0, 0.05) is 49.1 Å². The van der Waals surface area contributed by atoms with Crippen LogP contribution in [0.3, 0.4) is 0 Å². The molecule has 3 aliphatic heterocycles. The molecular weight excluding hydrogens is 529 g/mol. The van der Waals surface area contributed by atoms with Crippen molar-refractivity contribution in [3.8, 4) is 11.5 Å². The van der Waals surface area contributed by atoms with Gasteiger partial charge in [-0.15, -0.1) is 0 Å². The van der Waals surface area contributed by atoms with E-state index in [0.717, 1.165) is 30.8 Å². The summed E-state index contributed by atoms with van der Waals surface area (Å²) in [4.78, 5) is 30.1. The summed E-state index contributed by atoms with van der Waals surface area (Å²) < 4.78 is 30.4. The maximum Gasteiger partial charge on any atom is 0.412 e. The molecule has 0 radical (unpaired) electrons. The van der Waals surface area contributed by atoms with E-state index in [2.05, 4.69) is 40.3 Å². The Morgan fingerprint density at radius 2 is 1.88 bits per heavy atom. The maximum atomic E-state index is 13.4. The molecule has 0 aromatic heterocycles. The van der Waals surface area contributed by atoms with Crippen molar-refractivity contribution < 1.29 is 33.3 Å². The number of ether oxygens (including phenoxy) is 3. The van der Waals surface area contributed by atoms with Crippen LogP contribution in [0, 0.1) is 11.2 Å². The number of carbonyl (C=O) groups excluding carboxylic acids is 2. The van der Waals surface area contributed by atoms with Gasteiger partial charge in [-0.1, -0.05) is 25.1 Å². The van der Waals surface area contributed by atoms with Crippen molar-refractivity contribution in [2.75, 3.05) is 38.7 Å². The third kappa shape index (κ3) is 3.87. The summed E-state index contributed by atoms with van der Waals surface area (Å²) >= 11 is 0. The van der Waals surface area contributed by atoms with Gasteiger partial charge in [0.1, 0.15) is 29.0 Å². The number of hydrogen-bond donors (Lipinski definition) is 2. The molecule has 1 saturated carbocycles. The predicted molar refractivity (Wildman–Crippen MR) is 150 cm³/mol. The standard InChI is InChI=1S/C31H36FN3O6/c1-5-29-13-6-15-35-16-14-30(25(29)35)23-12-11-22(39-4)17-24(23)34(3)26(30)31(38,27(29)40-19(2)36)18-33-28(37)41-21-9-7-20(32)8-10-21/h6-13,17,25-27,38H,5,14-16,18H2,1-4H3,(H,33,37)/t25-,26+,27+,29?,30+,31-/m0/s1. The highest BCUT2D eigenvalue weighted by atomic mass is 19.1. The normalized spacial score (nSPS) is 33.0. The molecule has 10 heteroatoms. The number of carbonyl (C=O) groups is 2. The molecule has 0 bridgehead atoms. The second-order valence-corrected chi connectivity index (χ2v) is 11.6. The van der Waals surface area contributed by atoms with Gasteiger partial charge in [-0.25, -0.2) is 9.18 Å². The fourth-order valence-corrected chi connectivity index (χ4v) is 8.50. The van der Waals surface area contributed by atoms with E-state index in [9.17, 15) is 19.1 Å². The van der Waals surface area contributed by atoms with Gasteiger partial charge < -0.3 is 29.5 Å². The lowest BCUT2D eigenvalue weighted by molar-refractivity contribution is -0.216. The number of methoxy groups -OCH3 is 1. The van der Waals surface area contributed by atoms with Gasteiger partial charge in [0.2, 0.25) is 0 Å². The van der Waals surface area contributed by atoms with Crippen LogP contribution < -0.4 is 19.7 Å². The van der Waals surface area contributed by atoms with Gasteiger partial charge >= 0.3 is 12.1 Å². The SMILES string of the molecule is CCC12C=CCN3CC[C@@]4(c5ccc(OC)cc5N(C)[C@H]4[C@@](O)(CNC(=O)Oc4ccc(F)cc4)[C@@H]1OC(C)=O)[C@@H]32. The van der Waals surface area contributed by atoms with Crippen molar-refractivity contribution in [1.29, 1.82) is 0 Å². The monoisotopic (exact) mass is 565 g/mol. The molecule has 1 aliphatic carbocycles. The van der Waals surface area contributed by atoms with Gasteiger partial charge in [0.05, 0.1) is 19.7 Å².